The molecule has 2 saturated heterocycles. The molecule has 10 heteroatoms. The highest BCUT2D eigenvalue weighted by Crippen LogP contribution is 2.44. The lowest BCUT2D eigenvalue weighted by Crippen LogP contribution is -2.38. The second-order valence-electron chi connectivity index (χ2n) is 11.1. The summed E-state index contributed by atoms with van der Waals surface area (Å²) < 4.78 is 2.04. The van der Waals surface area contributed by atoms with Gasteiger partial charge < -0.3 is 19.7 Å². The third-order valence-electron chi connectivity index (χ3n) is 7.94. The van der Waals surface area contributed by atoms with E-state index in [1.165, 1.54) is 18.6 Å². The van der Waals surface area contributed by atoms with Crippen molar-refractivity contribution in [2.24, 2.45) is 11.8 Å². The van der Waals surface area contributed by atoms with E-state index in [1.807, 2.05) is 41.1 Å². The van der Waals surface area contributed by atoms with Crippen LogP contribution in [0.3, 0.4) is 0 Å². The van der Waals surface area contributed by atoms with Gasteiger partial charge in [-0.25, -0.2) is 0 Å². The molecule has 0 bridgehead atoms. The molecule has 4 atom stereocenters. The maximum atomic E-state index is 11.2. The highest BCUT2D eigenvalue weighted by atomic mass is 35.5. The van der Waals surface area contributed by atoms with Crippen molar-refractivity contribution in [2.45, 2.75) is 32.4 Å². The van der Waals surface area contributed by atoms with Crippen molar-refractivity contribution in [2.75, 3.05) is 22.9 Å². The van der Waals surface area contributed by atoms with Crippen LogP contribution in [0, 0.1) is 22.0 Å². The van der Waals surface area contributed by atoms with Gasteiger partial charge in [0.2, 0.25) is 0 Å². The molecule has 0 saturated carbocycles. The molecule has 0 unspecified atom stereocenters. The summed E-state index contributed by atoms with van der Waals surface area (Å²) in [6.45, 7) is 6.56. The first-order chi connectivity index (χ1) is 19.8. The zero-order valence-corrected chi connectivity index (χ0v) is 24.4. The van der Waals surface area contributed by atoms with Gasteiger partial charge in [0.25, 0.3) is 5.69 Å². The summed E-state index contributed by atoms with van der Waals surface area (Å²) in [5.41, 5.74) is 4.60. The number of hydrogen-bond donors (Lipinski definition) is 1. The van der Waals surface area contributed by atoms with E-state index in [9.17, 15) is 10.1 Å². The van der Waals surface area contributed by atoms with Crippen LogP contribution in [0.15, 0.2) is 85.2 Å². The van der Waals surface area contributed by atoms with Gasteiger partial charge in [-0.05, 0) is 85.1 Å². The van der Waals surface area contributed by atoms with E-state index >= 15 is 0 Å². The Bertz CT molecular complexity index is 1570. The number of anilines is 2. The van der Waals surface area contributed by atoms with Gasteiger partial charge in [0.1, 0.15) is 6.04 Å². The maximum Gasteiger partial charge on any atom is 0.269 e. The summed E-state index contributed by atoms with van der Waals surface area (Å²) in [5.74, 6) is 1.22. The molecule has 2 fully saturated rings. The fourth-order valence-electron chi connectivity index (χ4n) is 6.30. The summed E-state index contributed by atoms with van der Waals surface area (Å²) in [6, 6.07) is 22.1. The van der Waals surface area contributed by atoms with Crippen LogP contribution in [0.2, 0.25) is 5.02 Å². The number of hydrogen-bond acceptors (Lipinski definition) is 5. The van der Waals surface area contributed by atoms with Crippen molar-refractivity contribution in [3.05, 3.63) is 112 Å². The molecule has 0 aliphatic carbocycles. The van der Waals surface area contributed by atoms with E-state index in [2.05, 4.69) is 52.1 Å². The Balaban J connectivity index is 1.41. The fraction of sp³-hybridized carbons (Fsp3) is 0.290. The molecule has 2 aliphatic heterocycles. The molecule has 2 aliphatic rings. The zero-order chi connectivity index (χ0) is 28.7. The van der Waals surface area contributed by atoms with Gasteiger partial charge in [-0.1, -0.05) is 31.5 Å². The number of nitrogens with one attached hydrogen (secondary N) is 1. The van der Waals surface area contributed by atoms with E-state index in [1.54, 1.807) is 18.3 Å². The summed E-state index contributed by atoms with van der Waals surface area (Å²) in [4.78, 5) is 20.0. The Kier molecular flexibility index (Phi) is 7.40. The summed E-state index contributed by atoms with van der Waals surface area (Å²) in [7, 11) is 0. The average molecular weight is 587 g/mol. The lowest BCUT2D eigenvalue weighted by molar-refractivity contribution is -0.384. The quantitative estimate of drug-likeness (QED) is 0.147. The maximum absolute atomic E-state index is 11.2. The Morgan fingerprint density at radius 1 is 1.00 bits per heavy atom. The second kappa shape index (κ2) is 11.1. The van der Waals surface area contributed by atoms with Crippen molar-refractivity contribution in [1.29, 1.82) is 0 Å². The Morgan fingerprint density at radius 3 is 2.39 bits per heavy atom. The van der Waals surface area contributed by atoms with Crippen LogP contribution in [0.4, 0.5) is 17.1 Å². The number of rotatable bonds is 6. The number of pyridine rings is 1. The summed E-state index contributed by atoms with van der Waals surface area (Å²) >= 11 is 12.9. The molecule has 4 heterocycles. The monoisotopic (exact) mass is 586 g/mol. The molecular formula is C31H31ClN6O2S. The molecule has 6 rings (SSSR count). The number of aromatic nitrogens is 2. The van der Waals surface area contributed by atoms with E-state index in [4.69, 9.17) is 23.8 Å². The second-order valence-corrected chi connectivity index (χ2v) is 11.9. The third kappa shape index (κ3) is 5.27. The molecule has 1 N–H and O–H groups in total. The molecule has 0 spiro atoms. The molecule has 210 valence electrons. The highest BCUT2D eigenvalue weighted by Gasteiger charge is 2.42. The van der Waals surface area contributed by atoms with Crippen LogP contribution >= 0.6 is 23.8 Å². The third-order valence-corrected chi connectivity index (χ3v) is 8.56. The number of benzene rings is 2. The van der Waals surface area contributed by atoms with Gasteiger partial charge in [-0.15, -0.1) is 0 Å². The SMILES string of the molecule is C[C@@H]1C[C@H](C)CN(c2ccc(N3C(=S)N[C@H](c4ccccn4)[C@H]3c3cccn3-c3ccc([N+](=O)[O-])cc3)cc2Cl)C1. The fourth-order valence-corrected chi connectivity index (χ4v) is 6.94. The first-order valence-corrected chi connectivity index (χ1v) is 14.6. The minimum atomic E-state index is -0.392. The van der Waals surface area contributed by atoms with Crippen molar-refractivity contribution in [3.8, 4) is 5.69 Å². The Labute approximate surface area is 249 Å². The minimum Gasteiger partial charge on any atom is -0.370 e. The molecule has 2 aromatic heterocycles. The van der Waals surface area contributed by atoms with Crippen LogP contribution in [-0.2, 0) is 0 Å². The van der Waals surface area contributed by atoms with Gasteiger partial charge in [0.15, 0.2) is 5.11 Å². The highest BCUT2D eigenvalue weighted by molar-refractivity contribution is 7.80. The first-order valence-electron chi connectivity index (χ1n) is 13.8. The topological polar surface area (TPSA) is 79.5 Å². The van der Waals surface area contributed by atoms with E-state index in [-0.39, 0.29) is 17.8 Å². The van der Waals surface area contributed by atoms with E-state index in [0.29, 0.717) is 22.0 Å². The molecule has 0 radical (unpaired) electrons. The molecular weight excluding hydrogens is 556 g/mol. The predicted octanol–water partition coefficient (Wildman–Crippen LogP) is 7.09. The number of nitrogens with zero attached hydrogens (tertiary/aromatic N) is 5. The van der Waals surface area contributed by atoms with Gasteiger partial charge in [-0.3, -0.25) is 15.1 Å². The van der Waals surface area contributed by atoms with Crippen LogP contribution in [0.5, 0.6) is 0 Å². The minimum absolute atomic E-state index is 0.0476. The number of nitro groups is 1. The number of thiocarbonyl (C=S) groups is 1. The van der Waals surface area contributed by atoms with E-state index < -0.39 is 4.92 Å². The first kappa shape index (κ1) is 27.2. The molecule has 0 amide bonds. The van der Waals surface area contributed by atoms with Crippen molar-refractivity contribution < 1.29 is 4.92 Å². The predicted molar refractivity (Wildman–Crippen MR) is 167 cm³/mol. The van der Waals surface area contributed by atoms with E-state index in [0.717, 1.165) is 41.5 Å². The molecule has 2 aromatic carbocycles. The van der Waals surface area contributed by atoms with Gasteiger partial charge in [0, 0.05) is 54.7 Å². The summed E-state index contributed by atoms with van der Waals surface area (Å²) in [6.07, 6.45) is 4.96. The Hall–Kier alpha value is -3.95. The normalized spacial score (nSPS) is 22.6. The molecule has 4 aromatic rings. The number of non-ortho nitro benzene ring substituents is 1. The molecule has 8 nitrogen and oxygen atoms in total. The Morgan fingerprint density at radius 2 is 1.73 bits per heavy atom. The van der Waals surface area contributed by atoms with Crippen LogP contribution in [0.1, 0.15) is 43.7 Å². The number of nitro benzene ring substituents is 1. The van der Waals surface area contributed by atoms with Crippen molar-refractivity contribution in [1.82, 2.24) is 14.9 Å². The van der Waals surface area contributed by atoms with Gasteiger partial charge in [0.05, 0.1) is 27.4 Å². The summed E-state index contributed by atoms with van der Waals surface area (Å²) in [5, 5.41) is 16.0. The zero-order valence-electron chi connectivity index (χ0n) is 22.9. The lowest BCUT2D eigenvalue weighted by atomic mass is 9.91. The average Bonchev–Trinajstić information content (AvgIpc) is 3.57. The van der Waals surface area contributed by atoms with Crippen LogP contribution < -0.4 is 15.1 Å². The number of piperidine rings is 1. The smallest absolute Gasteiger partial charge is 0.269 e. The van der Waals surface area contributed by atoms with Crippen molar-refractivity contribution in [3.63, 3.8) is 0 Å². The van der Waals surface area contributed by atoms with Gasteiger partial charge >= 0.3 is 0 Å². The van der Waals surface area contributed by atoms with Gasteiger partial charge in [-0.2, -0.15) is 0 Å². The van der Waals surface area contributed by atoms with Crippen LogP contribution in [-0.4, -0.2) is 32.7 Å². The number of halogens is 1. The molecule has 41 heavy (non-hydrogen) atoms. The standard InChI is InChI=1S/C31H31ClN6O2S/c1-20-16-21(2)19-35(18-20)27-13-12-24(17-25(27)32)37-30(29(34-31(37)41)26-6-3-4-14-33-26)28-7-5-15-36(28)22-8-10-23(11-9-22)38(39)40/h3-15,17,20-21,29-30H,16,18-19H2,1-2H3,(H,34,41)/t20-,21+,29-,30-/m1/s1. The lowest BCUT2D eigenvalue weighted by Gasteiger charge is -2.37. The van der Waals surface area contributed by atoms with Crippen LogP contribution in [0.25, 0.3) is 5.69 Å². The van der Waals surface area contributed by atoms with Crippen molar-refractivity contribution >= 4 is 46.0 Å². The largest absolute Gasteiger partial charge is 0.370 e.